The SMILES string of the molecule is Cc1ccc(NC(=O)[C@H]2C[C@@H](C3CC3)C2)cc1-c1ncn(C)n1. The molecule has 0 atom stereocenters. The predicted molar refractivity (Wildman–Crippen MR) is 88.7 cm³/mol. The van der Waals surface area contributed by atoms with E-state index >= 15 is 0 Å². The molecule has 4 rings (SSSR count). The van der Waals surface area contributed by atoms with Crippen LogP contribution >= 0.6 is 0 Å². The molecule has 1 heterocycles. The lowest BCUT2D eigenvalue weighted by Gasteiger charge is -2.34. The van der Waals surface area contributed by atoms with Crippen molar-refractivity contribution < 1.29 is 4.79 Å². The van der Waals surface area contributed by atoms with Gasteiger partial charge >= 0.3 is 0 Å². The van der Waals surface area contributed by atoms with Gasteiger partial charge in [-0.05, 0) is 62.1 Å². The minimum absolute atomic E-state index is 0.158. The fourth-order valence-electron chi connectivity index (χ4n) is 3.48. The lowest BCUT2D eigenvalue weighted by Crippen LogP contribution is -2.35. The van der Waals surface area contributed by atoms with Gasteiger partial charge in [0.05, 0.1) is 0 Å². The van der Waals surface area contributed by atoms with Crippen LogP contribution in [-0.4, -0.2) is 20.7 Å². The molecule has 0 aliphatic heterocycles. The lowest BCUT2D eigenvalue weighted by molar-refractivity contribution is -0.124. The van der Waals surface area contributed by atoms with Gasteiger partial charge in [-0.15, -0.1) is 0 Å². The number of hydrogen-bond acceptors (Lipinski definition) is 3. The van der Waals surface area contributed by atoms with Crippen LogP contribution in [0.5, 0.6) is 0 Å². The molecule has 0 bridgehead atoms. The molecular formula is C18H22N4O. The number of rotatable bonds is 4. The van der Waals surface area contributed by atoms with Crippen LogP contribution < -0.4 is 5.32 Å². The monoisotopic (exact) mass is 310 g/mol. The number of aryl methyl sites for hydroxylation is 2. The summed E-state index contributed by atoms with van der Waals surface area (Å²) in [5, 5.41) is 7.42. The Kier molecular flexibility index (Phi) is 3.43. The molecule has 0 unspecified atom stereocenters. The minimum Gasteiger partial charge on any atom is -0.326 e. The second kappa shape index (κ2) is 5.48. The van der Waals surface area contributed by atoms with Crippen LogP contribution in [0.1, 0.15) is 31.2 Å². The Balaban J connectivity index is 1.45. The van der Waals surface area contributed by atoms with Crippen molar-refractivity contribution in [3.05, 3.63) is 30.1 Å². The molecule has 2 aliphatic rings. The average Bonchev–Trinajstić information content (AvgIpc) is 3.20. The average molecular weight is 310 g/mol. The van der Waals surface area contributed by atoms with Gasteiger partial charge in [-0.1, -0.05) is 6.07 Å². The Morgan fingerprint density at radius 2 is 2.04 bits per heavy atom. The first-order chi connectivity index (χ1) is 11.1. The van der Waals surface area contributed by atoms with Crippen LogP contribution in [0.4, 0.5) is 5.69 Å². The Morgan fingerprint density at radius 1 is 1.26 bits per heavy atom. The summed E-state index contributed by atoms with van der Waals surface area (Å²) < 4.78 is 1.69. The molecule has 2 fully saturated rings. The topological polar surface area (TPSA) is 59.8 Å². The van der Waals surface area contributed by atoms with Crippen LogP contribution in [0.15, 0.2) is 24.5 Å². The zero-order valence-electron chi connectivity index (χ0n) is 13.6. The van der Waals surface area contributed by atoms with E-state index in [1.807, 2.05) is 32.2 Å². The fraction of sp³-hybridized carbons (Fsp3) is 0.500. The molecule has 1 aromatic carbocycles. The van der Waals surface area contributed by atoms with Gasteiger partial charge in [0.15, 0.2) is 5.82 Å². The number of benzene rings is 1. The third-order valence-corrected chi connectivity index (χ3v) is 5.18. The Labute approximate surface area is 136 Å². The van der Waals surface area contributed by atoms with E-state index in [1.165, 1.54) is 12.8 Å². The van der Waals surface area contributed by atoms with Gasteiger partial charge in [-0.2, -0.15) is 5.10 Å². The first-order valence-corrected chi connectivity index (χ1v) is 8.37. The van der Waals surface area contributed by atoms with E-state index in [1.54, 1.807) is 11.0 Å². The van der Waals surface area contributed by atoms with E-state index < -0.39 is 0 Å². The first-order valence-electron chi connectivity index (χ1n) is 8.37. The van der Waals surface area contributed by atoms with Crippen molar-refractivity contribution in [2.75, 3.05) is 5.32 Å². The van der Waals surface area contributed by atoms with E-state index in [2.05, 4.69) is 15.4 Å². The van der Waals surface area contributed by atoms with E-state index in [0.29, 0.717) is 5.82 Å². The molecule has 1 N–H and O–H groups in total. The van der Waals surface area contributed by atoms with Crippen molar-refractivity contribution in [3.63, 3.8) is 0 Å². The molecule has 120 valence electrons. The fourth-order valence-corrected chi connectivity index (χ4v) is 3.48. The molecule has 5 heteroatoms. The molecule has 0 radical (unpaired) electrons. The summed E-state index contributed by atoms with van der Waals surface area (Å²) in [6.07, 6.45) is 6.56. The van der Waals surface area contributed by atoms with Crippen LogP contribution in [0.2, 0.25) is 0 Å². The Bertz CT molecular complexity index is 741. The van der Waals surface area contributed by atoms with Gasteiger partial charge in [0.2, 0.25) is 5.91 Å². The van der Waals surface area contributed by atoms with Crippen LogP contribution in [0, 0.1) is 24.7 Å². The third kappa shape index (κ3) is 2.87. The van der Waals surface area contributed by atoms with Crippen molar-refractivity contribution >= 4 is 11.6 Å². The number of amides is 1. The normalized spacial score (nSPS) is 23.4. The highest BCUT2D eigenvalue weighted by atomic mass is 16.1. The summed E-state index contributed by atoms with van der Waals surface area (Å²) in [5.41, 5.74) is 2.90. The summed E-state index contributed by atoms with van der Waals surface area (Å²) in [7, 11) is 1.85. The third-order valence-electron chi connectivity index (χ3n) is 5.18. The first kappa shape index (κ1) is 14.4. The zero-order chi connectivity index (χ0) is 16.0. The van der Waals surface area contributed by atoms with Gasteiger partial charge in [0, 0.05) is 24.2 Å². The van der Waals surface area contributed by atoms with Gasteiger partial charge in [-0.3, -0.25) is 9.48 Å². The predicted octanol–water partition coefficient (Wildman–Crippen LogP) is 3.17. The second-order valence-electron chi connectivity index (χ2n) is 7.03. The molecule has 5 nitrogen and oxygen atoms in total. The standard InChI is InChI=1S/C18H22N4O/c1-11-3-6-15(9-16(11)17-19-10-22(2)21-17)20-18(23)14-7-13(8-14)12-4-5-12/h3,6,9-10,12-14H,4-5,7-8H2,1-2H3,(H,20,23)/t13-,14+. The zero-order valence-corrected chi connectivity index (χ0v) is 13.6. The van der Waals surface area contributed by atoms with E-state index in [4.69, 9.17) is 0 Å². The summed E-state index contributed by atoms with van der Waals surface area (Å²) in [6.45, 7) is 2.03. The van der Waals surface area contributed by atoms with Gasteiger partial charge in [-0.25, -0.2) is 4.98 Å². The van der Waals surface area contributed by atoms with Crippen LogP contribution in [-0.2, 0) is 11.8 Å². The van der Waals surface area contributed by atoms with Crippen molar-refractivity contribution in [1.29, 1.82) is 0 Å². The molecular weight excluding hydrogens is 288 g/mol. The Hall–Kier alpha value is -2.17. The summed E-state index contributed by atoms with van der Waals surface area (Å²) in [4.78, 5) is 16.7. The molecule has 23 heavy (non-hydrogen) atoms. The van der Waals surface area contributed by atoms with Gasteiger partial charge in [0.1, 0.15) is 6.33 Å². The highest BCUT2D eigenvalue weighted by Gasteiger charge is 2.42. The minimum atomic E-state index is 0.158. The number of carbonyl (C=O) groups is 1. The molecule has 2 aromatic rings. The number of hydrogen-bond donors (Lipinski definition) is 1. The smallest absolute Gasteiger partial charge is 0.227 e. The maximum absolute atomic E-state index is 12.4. The highest BCUT2D eigenvalue weighted by molar-refractivity contribution is 5.93. The Morgan fingerprint density at radius 3 is 2.70 bits per heavy atom. The van der Waals surface area contributed by atoms with Gasteiger partial charge < -0.3 is 5.32 Å². The van der Waals surface area contributed by atoms with Crippen LogP contribution in [0.3, 0.4) is 0 Å². The molecule has 2 aliphatic carbocycles. The van der Waals surface area contributed by atoms with Crippen molar-refractivity contribution in [2.45, 2.75) is 32.6 Å². The number of anilines is 1. The second-order valence-corrected chi connectivity index (χ2v) is 7.03. The van der Waals surface area contributed by atoms with Crippen molar-refractivity contribution in [2.24, 2.45) is 24.8 Å². The maximum atomic E-state index is 12.4. The number of nitrogens with one attached hydrogen (secondary N) is 1. The van der Waals surface area contributed by atoms with Crippen LogP contribution in [0.25, 0.3) is 11.4 Å². The van der Waals surface area contributed by atoms with E-state index in [-0.39, 0.29) is 11.8 Å². The van der Waals surface area contributed by atoms with E-state index in [9.17, 15) is 4.79 Å². The molecule has 0 spiro atoms. The van der Waals surface area contributed by atoms with E-state index in [0.717, 1.165) is 41.5 Å². The number of carbonyl (C=O) groups excluding carboxylic acids is 1. The van der Waals surface area contributed by atoms with Crippen molar-refractivity contribution in [3.8, 4) is 11.4 Å². The summed E-state index contributed by atoms with van der Waals surface area (Å²) in [6, 6.07) is 5.94. The van der Waals surface area contributed by atoms with Crippen molar-refractivity contribution in [1.82, 2.24) is 14.8 Å². The number of aromatic nitrogens is 3. The molecule has 2 saturated carbocycles. The molecule has 0 saturated heterocycles. The highest BCUT2D eigenvalue weighted by Crippen LogP contribution is 2.49. The lowest BCUT2D eigenvalue weighted by atomic mass is 9.72. The summed E-state index contributed by atoms with van der Waals surface area (Å²) in [5.74, 6) is 2.76. The molecule has 1 amide bonds. The molecule has 1 aromatic heterocycles. The summed E-state index contributed by atoms with van der Waals surface area (Å²) >= 11 is 0. The largest absolute Gasteiger partial charge is 0.326 e. The maximum Gasteiger partial charge on any atom is 0.227 e. The number of nitrogens with zero attached hydrogens (tertiary/aromatic N) is 3. The quantitative estimate of drug-likeness (QED) is 0.943. The van der Waals surface area contributed by atoms with Gasteiger partial charge in [0.25, 0.3) is 0 Å².